The quantitative estimate of drug-likeness (QED) is 0.713. The fourth-order valence-corrected chi connectivity index (χ4v) is 2.57. The van der Waals surface area contributed by atoms with E-state index in [9.17, 15) is 4.79 Å². The van der Waals surface area contributed by atoms with Crippen LogP contribution in [0.25, 0.3) is 10.8 Å². The minimum Gasteiger partial charge on any atom is -0.494 e. The minimum absolute atomic E-state index is 0.207. The topological polar surface area (TPSA) is 47.6 Å². The molecule has 0 unspecified atom stereocenters. The number of ether oxygens (including phenoxy) is 2. The maximum Gasteiger partial charge on any atom is 0.265 e. The summed E-state index contributed by atoms with van der Waals surface area (Å²) in [5.74, 6) is 1.19. The fourth-order valence-electron chi connectivity index (χ4n) is 2.57. The summed E-state index contributed by atoms with van der Waals surface area (Å²) in [6.45, 7) is 4.24. The molecular weight excluding hydrogens is 314 g/mol. The van der Waals surface area contributed by atoms with Crippen LogP contribution in [0.4, 0.5) is 5.69 Å². The molecule has 128 valence electrons. The van der Waals surface area contributed by atoms with Gasteiger partial charge in [0.15, 0.2) is 6.10 Å². The molecule has 25 heavy (non-hydrogen) atoms. The normalized spacial score (nSPS) is 11.8. The third kappa shape index (κ3) is 4.29. The van der Waals surface area contributed by atoms with Gasteiger partial charge in [0.25, 0.3) is 5.91 Å². The molecule has 0 spiro atoms. The molecule has 4 heteroatoms. The van der Waals surface area contributed by atoms with E-state index in [0.29, 0.717) is 18.0 Å². The zero-order chi connectivity index (χ0) is 17.6. The highest BCUT2D eigenvalue weighted by atomic mass is 16.5. The lowest BCUT2D eigenvalue weighted by molar-refractivity contribution is -0.122. The first kappa shape index (κ1) is 16.8. The predicted molar refractivity (Wildman–Crippen MR) is 100 cm³/mol. The van der Waals surface area contributed by atoms with Gasteiger partial charge in [-0.05, 0) is 48.9 Å². The Morgan fingerprint density at radius 2 is 1.76 bits per heavy atom. The van der Waals surface area contributed by atoms with E-state index >= 15 is 0 Å². The lowest BCUT2D eigenvalue weighted by Crippen LogP contribution is -2.30. The number of hydrogen-bond acceptors (Lipinski definition) is 3. The van der Waals surface area contributed by atoms with Crippen molar-refractivity contribution in [2.24, 2.45) is 0 Å². The summed E-state index contributed by atoms with van der Waals surface area (Å²) in [5.41, 5.74) is 0.685. The first-order valence-corrected chi connectivity index (χ1v) is 8.35. The summed E-state index contributed by atoms with van der Waals surface area (Å²) in [7, 11) is 0. The second kappa shape index (κ2) is 7.71. The number of benzene rings is 3. The van der Waals surface area contributed by atoms with Gasteiger partial charge in [0.2, 0.25) is 0 Å². The molecule has 0 saturated heterocycles. The second-order valence-electron chi connectivity index (χ2n) is 5.72. The van der Waals surface area contributed by atoms with Gasteiger partial charge >= 0.3 is 0 Å². The molecule has 3 aromatic carbocycles. The lowest BCUT2D eigenvalue weighted by Gasteiger charge is -2.15. The van der Waals surface area contributed by atoms with Crippen molar-refractivity contribution in [1.82, 2.24) is 0 Å². The number of rotatable bonds is 6. The first-order chi connectivity index (χ1) is 12.2. The van der Waals surface area contributed by atoms with E-state index in [0.717, 1.165) is 16.5 Å². The Kier molecular flexibility index (Phi) is 5.19. The number of amides is 1. The standard InChI is InChI=1S/C21H21NO3/c1-3-24-19-10-6-9-18(14-19)22-21(23)15(2)25-20-12-11-16-7-4-5-8-17(16)13-20/h4-15H,3H2,1-2H3,(H,22,23)/t15-/m0/s1. The number of carbonyl (C=O) groups is 1. The Morgan fingerprint density at radius 3 is 2.56 bits per heavy atom. The van der Waals surface area contributed by atoms with Crippen LogP contribution in [0.2, 0.25) is 0 Å². The molecule has 0 heterocycles. The molecule has 0 bridgehead atoms. The monoisotopic (exact) mass is 335 g/mol. The highest BCUT2D eigenvalue weighted by Gasteiger charge is 2.15. The van der Waals surface area contributed by atoms with Gasteiger partial charge in [-0.1, -0.05) is 36.4 Å². The van der Waals surface area contributed by atoms with Gasteiger partial charge in [0.1, 0.15) is 11.5 Å². The summed E-state index contributed by atoms with van der Waals surface area (Å²) in [4.78, 5) is 12.4. The summed E-state index contributed by atoms with van der Waals surface area (Å²) < 4.78 is 11.2. The molecule has 0 aliphatic carbocycles. The number of fused-ring (bicyclic) bond motifs is 1. The Bertz CT molecular complexity index is 876. The van der Waals surface area contributed by atoms with Crippen LogP contribution in [-0.4, -0.2) is 18.6 Å². The lowest BCUT2D eigenvalue weighted by atomic mass is 10.1. The highest BCUT2D eigenvalue weighted by molar-refractivity contribution is 5.94. The first-order valence-electron chi connectivity index (χ1n) is 8.35. The predicted octanol–water partition coefficient (Wildman–Crippen LogP) is 4.64. The molecule has 0 aliphatic heterocycles. The molecule has 0 radical (unpaired) electrons. The third-order valence-electron chi connectivity index (χ3n) is 3.82. The van der Waals surface area contributed by atoms with Crippen LogP contribution in [0.15, 0.2) is 66.7 Å². The van der Waals surface area contributed by atoms with Crippen molar-refractivity contribution >= 4 is 22.4 Å². The van der Waals surface area contributed by atoms with Crippen molar-refractivity contribution in [3.63, 3.8) is 0 Å². The molecule has 1 amide bonds. The molecule has 3 aromatic rings. The molecule has 4 nitrogen and oxygen atoms in total. The van der Waals surface area contributed by atoms with Gasteiger partial charge in [0, 0.05) is 11.8 Å². The van der Waals surface area contributed by atoms with Crippen LogP contribution in [0.1, 0.15) is 13.8 Å². The van der Waals surface area contributed by atoms with Crippen molar-refractivity contribution in [3.05, 3.63) is 66.7 Å². The van der Waals surface area contributed by atoms with Gasteiger partial charge in [-0.25, -0.2) is 0 Å². The van der Waals surface area contributed by atoms with Gasteiger partial charge in [-0.15, -0.1) is 0 Å². The van der Waals surface area contributed by atoms with Crippen LogP contribution in [0.3, 0.4) is 0 Å². The molecule has 0 fully saturated rings. The maximum atomic E-state index is 12.4. The van der Waals surface area contributed by atoms with Crippen molar-refractivity contribution in [2.75, 3.05) is 11.9 Å². The fraction of sp³-hybridized carbons (Fsp3) is 0.190. The minimum atomic E-state index is -0.614. The van der Waals surface area contributed by atoms with Crippen molar-refractivity contribution in [1.29, 1.82) is 0 Å². The molecule has 0 aliphatic rings. The van der Waals surface area contributed by atoms with Crippen LogP contribution < -0.4 is 14.8 Å². The maximum absolute atomic E-state index is 12.4. The molecule has 0 saturated carbocycles. The molecule has 1 N–H and O–H groups in total. The van der Waals surface area contributed by atoms with E-state index in [1.807, 2.05) is 67.6 Å². The third-order valence-corrected chi connectivity index (χ3v) is 3.82. The van der Waals surface area contributed by atoms with Gasteiger partial charge in [-0.2, -0.15) is 0 Å². The van der Waals surface area contributed by atoms with E-state index in [2.05, 4.69) is 5.32 Å². The Labute approximate surface area is 147 Å². The smallest absolute Gasteiger partial charge is 0.265 e. The highest BCUT2D eigenvalue weighted by Crippen LogP contribution is 2.22. The van der Waals surface area contributed by atoms with E-state index in [-0.39, 0.29) is 5.91 Å². The van der Waals surface area contributed by atoms with Crippen molar-refractivity contribution in [3.8, 4) is 11.5 Å². The van der Waals surface area contributed by atoms with E-state index < -0.39 is 6.10 Å². The SMILES string of the molecule is CCOc1cccc(NC(=O)[C@H](C)Oc2ccc3ccccc3c2)c1. The molecule has 3 rings (SSSR count). The van der Waals surface area contributed by atoms with Crippen LogP contribution in [0, 0.1) is 0 Å². The number of hydrogen-bond donors (Lipinski definition) is 1. The number of nitrogens with one attached hydrogen (secondary N) is 1. The van der Waals surface area contributed by atoms with E-state index in [1.54, 1.807) is 13.0 Å². The summed E-state index contributed by atoms with van der Waals surface area (Å²) >= 11 is 0. The van der Waals surface area contributed by atoms with Crippen molar-refractivity contribution in [2.45, 2.75) is 20.0 Å². The summed E-state index contributed by atoms with van der Waals surface area (Å²) in [5, 5.41) is 5.07. The second-order valence-corrected chi connectivity index (χ2v) is 5.72. The zero-order valence-corrected chi connectivity index (χ0v) is 14.4. The molecule has 1 atom stereocenters. The van der Waals surface area contributed by atoms with E-state index in [1.165, 1.54) is 0 Å². The summed E-state index contributed by atoms with van der Waals surface area (Å²) in [6, 6.07) is 21.2. The Hall–Kier alpha value is -3.01. The largest absolute Gasteiger partial charge is 0.494 e. The number of anilines is 1. The Morgan fingerprint density at radius 1 is 0.960 bits per heavy atom. The van der Waals surface area contributed by atoms with Crippen LogP contribution >= 0.6 is 0 Å². The van der Waals surface area contributed by atoms with Gasteiger partial charge < -0.3 is 14.8 Å². The summed E-state index contributed by atoms with van der Waals surface area (Å²) in [6.07, 6.45) is -0.614. The average Bonchev–Trinajstić information content (AvgIpc) is 2.62. The van der Waals surface area contributed by atoms with Crippen LogP contribution in [0.5, 0.6) is 11.5 Å². The van der Waals surface area contributed by atoms with Crippen LogP contribution in [-0.2, 0) is 4.79 Å². The van der Waals surface area contributed by atoms with Gasteiger partial charge in [0.05, 0.1) is 6.61 Å². The average molecular weight is 335 g/mol. The van der Waals surface area contributed by atoms with Gasteiger partial charge in [-0.3, -0.25) is 4.79 Å². The van der Waals surface area contributed by atoms with Crippen molar-refractivity contribution < 1.29 is 14.3 Å². The Balaban J connectivity index is 1.66. The number of carbonyl (C=O) groups excluding carboxylic acids is 1. The molecule has 0 aromatic heterocycles. The zero-order valence-electron chi connectivity index (χ0n) is 14.4. The molecular formula is C21H21NO3. The van der Waals surface area contributed by atoms with E-state index in [4.69, 9.17) is 9.47 Å².